The van der Waals surface area contributed by atoms with Gasteiger partial charge >= 0.3 is 0 Å². The molecule has 0 aromatic carbocycles. The highest BCUT2D eigenvalue weighted by Gasteiger charge is 2.80. The molecule has 0 radical (unpaired) electrons. The summed E-state index contributed by atoms with van der Waals surface area (Å²) < 4.78 is 51.2. The first-order valence-corrected chi connectivity index (χ1v) is 40.3. The number of likely N-dealkylation sites (tertiary alicyclic amines) is 4. The van der Waals surface area contributed by atoms with Gasteiger partial charge in [-0.05, 0) is 188 Å². The van der Waals surface area contributed by atoms with Crippen LogP contribution >= 0.6 is 0 Å². The Kier molecular flexibility index (Phi) is 20.0. The third-order valence-electron chi connectivity index (χ3n) is 27.9. The first-order chi connectivity index (χ1) is 53.6. The number of pyridine rings is 1. The maximum atomic E-state index is 15.3. The summed E-state index contributed by atoms with van der Waals surface area (Å²) in [4.78, 5) is 99.6. The normalized spacial score (nSPS) is 32.6. The second-order valence-electron chi connectivity index (χ2n) is 33.7. The molecule has 16 atom stereocenters. The average Bonchev–Trinajstić information content (AvgIpc) is 1.50. The van der Waals surface area contributed by atoms with Crippen LogP contribution in [0.25, 0.3) is 44.1 Å². The molecule has 5 unspecified atom stereocenters. The highest BCUT2D eigenvalue weighted by atomic mass is 19.2. The van der Waals surface area contributed by atoms with Crippen molar-refractivity contribution in [1.29, 1.82) is 0 Å². The number of carbonyl (C=O) groups excluding carboxylic acids is 4. The van der Waals surface area contributed by atoms with Gasteiger partial charge in [-0.25, -0.2) is 48.1 Å². The van der Waals surface area contributed by atoms with Crippen molar-refractivity contribution < 1.29 is 37.1 Å². The molecule has 7 aliphatic carbocycles. The lowest BCUT2D eigenvalue weighted by Gasteiger charge is -2.38. The quantitative estimate of drug-likeness (QED) is 0.0371. The number of fused-ring (bicyclic) bond motifs is 7. The summed E-state index contributed by atoms with van der Waals surface area (Å²) >= 11 is 0. The number of hydrogen-bond donors (Lipinski definition) is 8. The van der Waals surface area contributed by atoms with Crippen molar-refractivity contribution in [2.75, 3.05) is 80.8 Å². The zero-order chi connectivity index (χ0) is 77.5. The minimum Gasteiger partial charge on any atom is -0.384 e. The van der Waals surface area contributed by atoms with Crippen LogP contribution in [-0.2, 0) is 40.2 Å². The van der Waals surface area contributed by atoms with E-state index in [0.29, 0.717) is 38.0 Å². The molecule has 4 amide bonds. The molecule has 0 bridgehead atoms. The molecule has 27 heteroatoms. The standard InChI is InChI=1S/3C21H26FN5O.C21H28N4O2/c3*1-3-16(28)27-9-5-6-13(11-27)26-19-17-14(10-23-18(17)24-12-25-19)21-8-4-7-15(21)20(21,2)22;1-4-19(26)25-11-15(6-5-13(25)2)24-18-7-8-22-21-20(18)17(10-23-21)16-9-14(16)12-27-3/h3*3,10,12-13,15H,1,4-9,11H2,2H3,(H2,23,24,25,26);4,7-8,10,13-16H,1,5-6,9,11-12H2,2-3H3,(H2,22,23,24)/t13-,15?,20?,21?;13-,15+,20?,21-;13-,15-,20?,21+;13-,14-,15+,16+/m1110/s1. The number of hydrogen-bond acceptors (Lipinski definition) is 16. The van der Waals surface area contributed by atoms with E-state index in [1.54, 1.807) is 27.9 Å². The molecule has 24 nitrogen and oxygen atoms in total. The van der Waals surface area contributed by atoms with Crippen LogP contribution in [0.15, 0.2) is 107 Å². The van der Waals surface area contributed by atoms with E-state index in [0.717, 1.165) is 220 Å². The van der Waals surface area contributed by atoms with Gasteiger partial charge in [-0.1, -0.05) is 45.6 Å². The molecule has 0 spiro atoms. The fraction of sp³-hybridized carbons (Fsp3) is 0.560. The minimum atomic E-state index is -1.16. The molecular formula is C84H106F3N19O5. The first-order valence-electron chi connectivity index (χ1n) is 40.3. The molecule has 588 valence electrons. The number of alkyl halides is 3. The highest BCUT2D eigenvalue weighted by molar-refractivity contribution is 5.97. The summed E-state index contributed by atoms with van der Waals surface area (Å²) in [7, 11) is 1.76. The first kappa shape index (κ1) is 75.4. The molecule has 8 aromatic rings. The van der Waals surface area contributed by atoms with Gasteiger partial charge in [0.15, 0.2) is 0 Å². The van der Waals surface area contributed by atoms with E-state index in [-0.39, 0.29) is 71.6 Å². The van der Waals surface area contributed by atoms with E-state index in [2.05, 4.69) is 116 Å². The van der Waals surface area contributed by atoms with Crippen LogP contribution in [-0.4, -0.2) is 205 Å². The van der Waals surface area contributed by atoms with E-state index in [9.17, 15) is 19.2 Å². The van der Waals surface area contributed by atoms with Gasteiger partial charge in [0.2, 0.25) is 23.6 Å². The van der Waals surface area contributed by atoms with Gasteiger partial charge in [0, 0.05) is 166 Å². The number of H-pyrrole nitrogens is 4. The average molecular weight is 1520 g/mol. The van der Waals surface area contributed by atoms with E-state index >= 15 is 13.2 Å². The number of halogens is 3. The van der Waals surface area contributed by atoms with Crippen molar-refractivity contribution in [3.05, 3.63) is 129 Å². The number of methoxy groups -OCH3 is 1. The molecule has 4 saturated heterocycles. The van der Waals surface area contributed by atoms with Crippen molar-refractivity contribution in [3.63, 3.8) is 0 Å². The Morgan fingerprint density at radius 2 is 0.883 bits per heavy atom. The number of rotatable bonds is 18. The molecule has 8 N–H and O–H groups in total. The molecule has 4 aliphatic heterocycles. The smallest absolute Gasteiger partial charge is 0.246 e. The van der Waals surface area contributed by atoms with E-state index in [4.69, 9.17) is 4.74 Å². The minimum absolute atomic E-state index is 0.0107. The van der Waals surface area contributed by atoms with Crippen LogP contribution in [0, 0.1) is 23.7 Å². The maximum Gasteiger partial charge on any atom is 0.246 e. The number of carbonyl (C=O) groups is 4. The summed E-state index contributed by atoms with van der Waals surface area (Å²) in [5, 5.41) is 18.2. The number of nitrogens with one attached hydrogen (secondary N) is 8. The fourth-order valence-electron chi connectivity index (χ4n) is 22.1. The van der Waals surface area contributed by atoms with Crippen LogP contribution in [0.5, 0.6) is 0 Å². The van der Waals surface area contributed by atoms with E-state index in [1.807, 2.05) is 50.5 Å². The van der Waals surface area contributed by atoms with Crippen LogP contribution in [0.1, 0.15) is 171 Å². The molecule has 11 aliphatic rings. The van der Waals surface area contributed by atoms with Gasteiger partial charge in [0.05, 0.1) is 16.2 Å². The van der Waals surface area contributed by atoms with E-state index in [1.165, 1.54) is 54.2 Å². The van der Waals surface area contributed by atoms with Gasteiger partial charge in [0.1, 0.15) is 76.0 Å². The largest absolute Gasteiger partial charge is 0.384 e. The zero-order valence-electron chi connectivity index (χ0n) is 64.6. The summed E-state index contributed by atoms with van der Waals surface area (Å²) in [6, 6.07) is 2.84. The number of ether oxygens (including phenoxy) is 1. The maximum absolute atomic E-state index is 15.3. The van der Waals surface area contributed by atoms with Crippen LogP contribution in [0.4, 0.5) is 36.3 Å². The van der Waals surface area contributed by atoms with Gasteiger partial charge < -0.3 is 65.5 Å². The second kappa shape index (κ2) is 29.5. The zero-order valence-corrected chi connectivity index (χ0v) is 64.6. The number of aromatic amines is 4. The molecule has 7 saturated carbocycles. The van der Waals surface area contributed by atoms with Crippen LogP contribution in [0.3, 0.4) is 0 Å². The Balaban J connectivity index is 0.000000112. The molecular weight excluding hydrogens is 1410 g/mol. The summed E-state index contributed by atoms with van der Waals surface area (Å²) in [6.45, 7) is 27.3. The SMILES string of the molecule is C=CC(=O)N1CCC[C@@H](Nc2ncnc3[nH]cc(C45CCCC4C5(C)F)c23)C1.C=CC(=O)N1CCC[C@@H](Nc2ncnc3[nH]cc([C@@]45CCC[C@@H]4C5(C)F)c23)C1.C=CC(=O)N1CCC[C@@H](Nc2ncnc3[nH]cc([C@]45CCC[C@H]4C5(C)F)c23)C1.C=CC(=O)N1C[C@H](Nc2ccnc3[nH]cc([C@@H]4C[C@H]4COC)c23)CC[C@@H]1C. The van der Waals surface area contributed by atoms with Crippen molar-refractivity contribution >= 4 is 90.9 Å². The third kappa shape index (κ3) is 12.9. The number of aromatic nitrogens is 11. The second-order valence-corrected chi connectivity index (χ2v) is 33.7. The lowest BCUT2D eigenvalue weighted by atomic mass is 9.90. The Hall–Kier alpha value is -9.66. The van der Waals surface area contributed by atoms with Gasteiger partial charge in [-0.15, -0.1) is 0 Å². The molecule has 111 heavy (non-hydrogen) atoms. The van der Waals surface area contributed by atoms with Gasteiger partial charge in [-0.3, -0.25) is 19.2 Å². The van der Waals surface area contributed by atoms with Crippen LogP contribution < -0.4 is 21.3 Å². The molecule has 19 rings (SSSR count). The van der Waals surface area contributed by atoms with Crippen molar-refractivity contribution in [1.82, 2.24) is 74.4 Å². The Labute approximate surface area is 645 Å². The predicted molar refractivity (Wildman–Crippen MR) is 424 cm³/mol. The van der Waals surface area contributed by atoms with Gasteiger partial charge in [-0.2, -0.15) is 0 Å². The lowest BCUT2D eigenvalue weighted by molar-refractivity contribution is -0.129. The number of nitrogens with zero attached hydrogens (tertiary/aromatic N) is 11. The van der Waals surface area contributed by atoms with Gasteiger partial charge in [0.25, 0.3) is 0 Å². The molecule has 12 heterocycles. The van der Waals surface area contributed by atoms with E-state index < -0.39 is 33.3 Å². The molecule has 11 fully saturated rings. The monoisotopic (exact) mass is 1520 g/mol. The third-order valence-corrected chi connectivity index (χ3v) is 27.9. The summed E-state index contributed by atoms with van der Waals surface area (Å²) in [6.07, 6.45) is 37.3. The van der Waals surface area contributed by atoms with Crippen LogP contribution in [0.2, 0.25) is 0 Å². The fourth-order valence-corrected chi connectivity index (χ4v) is 22.1. The Morgan fingerprint density at radius 1 is 0.495 bits per heavy atom. The Morgan fingerprint density at radius 3 is 1.26 bits per heavy atom. The molecule has 8 aromatic heterocycles. The van der Waals surface area contributed by atoms with Crippen molar-refractivity contribution in [3.8, 4) is 0 Å². The highest BCUT2D eigenvalue weighted by Crippen LogP contribution is 2.76. The predicted octanol–water partition coefficient (Wildman–Crippen LogP) is 13.3. The number of amides is 4. The number of piperidine rings is 4. The summed E-state index contributed by atoms with van der Waals surface area (Å²) in [5.74, 6) is 3.49. The number of anilines is 4. The Bertz CT molecular complexity index is 4540. The van der Waals surface area contributed by atoms with Crippen molar-refractivity contribution in [2.24, 2.45) is 23.7 Å². The summed E-state index contributed by atoms with van der Waals surface area (Å²) in [5.41, 5.74) is 3.87. The van der Waals surface area contributed by atoms with Crippen molar-refractivity contribution in [2.45, 2.75) is 213 Å². The lowest BCUT2D eigenvalue weighted by Crippen LogP contribution is -2.49. The topological polar surface area (TPSA) is 292 Å².